The molecule has 2 nitrogen and oxygen atoms in total. The molecular formula is C11H9ClF3NO. The minimum atomic E-state index is -4.59. The Balaban J connectivity index is 2.73. The minimum Gasteiger partial charge on any atom is -0.490 e. The van der Waals surface area contributed by atoms with Crippen molar-refractivity contribution in [1.29, 1.82) is 5.26 Å². The van der Waals surface area contributed by atoms with Crippen molar-refractivity contribution in [1.82, 2.24) is 0 Å². The van der Waals surface area contributed by atoms with Gasteiger partial charge < -0.3 is 4.74 Å². The number of nitrogens with zero attached hydrogens (tertiary/aromatic N) is 1. The molecule has 0 aliphatic carbocycles. The Morgan fingerprint density at radius 1 is 1.47 bits per heavy atom. The highest BCUT2D eigenvalue weighted by atomic mass is 35.5. The number of aryl methyl sites for hydroxylation is 1. The molecule has 0 spiro atoms. The fraction of sp³-hybridized carbons (Fsp3) is 0.364. The van der Waals surface area contributed by atoms with E-state index in [0.717, 1.165) is 11.6 Å². The Labute approximate surface area is 102 Å². The molecule has 0 bridgehead atoms. The second kappa shape index (κ2) is 5.28. The molecule has 0 aliphatic heterocycles. The number of ether oxygens (including phenoxy) is 1. The van der Waals surface area contributed by atoms with Crippen molar-refractivity contribution in [3.63, 3.8) is 0 Å². The number of hydrogen-bond donors (Lipinski definition) is 0. The predicted molar refractivity (Wildman–Crippen MR) is 56.8 cm³/mol. The van der Waals surface area contributed by atoms with E-state index in [2.05, 4.69) is 0 Å². The summed E-state index contributed by atoms with van der Waals surface area (Å²) in [7, 11) is 0. The van der Waals surface area contributed by atoms with E-state index in [4.69, 9.17) is 21.6 Å². The fourth-order valence-electron chi connectivity index (χ4n) is 1.10. The van der Waals surface area contributed by atoms with Gasteiger partial charge in [-0.25, -0.2) is 0 Å². The molecule has 92 valence electrons. The van der Waals surface area contributed by atoms with E-state index in [-0.39, 0.29) is 10.8 Å². The van der Waals surface area contributed by atoms with Crippen LogP contribution in [0.25, 0.3) is 0 Å². The van der Waals surface area contributed by atoms with Gasteiger partial charge in [-0.2, -0.15) is 18.4 Å². The van der Waals surface area contributed by atoms with Crippen molar-refractivity contribution in [3.05, 3.63) is 28.8 Å². The summed E-state index contributed by atoms with van der Waals surface area (Å²) < 4.78 is 41.7. The van der Waals surface area contributed by atoms with Crippen molar-refractivity contribution in [2.24, 2.45) is 5.92 Å². The van der Waals surface area contributed by atoms with Crippen LogP contribution in [0, 0.1) is 24.2 Å². The normalized spacial score (nSPS) is 12.9. The van der Waals surface area contributed by atoms with Crippen molar-refractivity contribution in [2.75, 3.05) is 6.61 Å². The van der Waals surface area contributed by atoms with Gasteiger partial charge in [0, 0.05) is 0 Å². The zero-order valence-corrected chi connectivity index (χ0v) is 9.64. The molecule has 0 N–H and O–H groups in total. The maximum Gasteiger partial charge on any atom is 0.407 e. The van der Waals surface area contributed by atoms with Gasteiger partial charge in [0.15, 0.2) is 5.92 Å². The highest BCUT2D eigenvalue weighted by molar-refractivity contribution is 6.32. The van der Waals surface area contributed by atoms with Gasteiger partial charge in [-0.15, -0.1) is 0 Å². The standard InChI is InChI=1S/C11H9ClF3NO/c1-7-2-3-9(12)10(4-7)17-6-8(5-16)11(13,14)15/h2-4,8H,6H2,1H3. The average molecular weight is 264 g/mol. The summed E-state index contributed by atoms with van der Waals surface area (Å²) in [6.07, 6.45) is -4.59. The van der Waals surface area contributed by atoms with E-state index in [1.807, 2.05) is 0 Å². The number of halogens is 4. The van der Waals surface area contributed by atoms with Crippen LogP contribution in [0.5, 0.6) is 5.75 Å². The first-order valence-corrected chi connectivity index (χ1v) is 5.07. The highest BCUT2D eigenvalue weighted by Gasteiger charge is 2.40. The molecule has 0 heterocycles. The van der Waals surface area contributed by atoms with Crippen LogP contribution < -0.4 is 4.74 Å². The minimum absolute atomic E-state index is 0.149. The molecule has 0 aliphatic rings. The van der Waals surface area contributed by atoms with Gasteiger partial charge in [0.2, 0.25) is 0 Å². The van der Waals surface area contributed by atoms with Crippen LogP contribution in [0.15, 0.2) is 18.2 Å². The van der Waals surface area contributed by atoms with Crippen molar-refractivity contribution < 1.29 is 17.9 Å². The molecule has 1 unspecified atom stereocenters. The van der Waals surface area contributed by atoms with Crippen molar-refractivity contribution >= 4 is 11.6 Å². The second-order valence-electron chi connectivity index (χ2n) is 3.47. The maximum absolute atomic E-state index is 12.3. The van der Waals surface area contributed by atoms with Gasteiger partial charge in [-0.3, -0.25) is 0 Å². The van der Waals surface area contributed by atoms with Crippen LogP contribution in [0.3, 0.4) is 0 Å². The lowest BCUT2D eigenvalue weighted by Crippen LogP contribution is -2.27. The molecule has 1 atom stereocenters. The van der Waals surface area contributed by atoms with E-state index in [9.17, 15) is 13.2 Å². The quantitative estimate of drug-likeness (QED) is 0.832. The van der Waals surface area contributed by atoms with E-state index >= 15 is 0 Å². The van der Waals surface area contributed by atoms with Gasteiger partial charge in [0.25, 0.3) is 0 Å². The summed E-state index contributed by atoms with van der Waals surface area (Å²) >= 11 is 5.75. The Hall–Kier alpha value is -1.41. The Kier molecular flexibility index (Phi) is 4.24. The zero-order valence-electron chi connectivity index (χ0n) is 8.88. The SMILES string of the molecule is Cc1ccc(Cl)c(OCC(C#N)C(F)(F)F)c1. The molecular weight excluding hydrogens is 255 g/mol. The number of alkyl halides is 3. The smallest absolute Gasteiger partial charge is 0.407 e. The molecule has 6 heteroatoms. The summed E-state index contributed by atoms with van der Waals surface area (Å²) in [6.45, 7) is 0.998. The molecule has 1 aromatic carbocycles. The summed E-state index contributed by atoms with van der Waals surface area (Å²) in [4.78, 5) is 0. The molecule has 1 rings (SSSR count). The van der Waals surface area contributed by atoms with E-state index in [0.29, 0.717) is 0 Å². The molecule has 1 aromatic rings. The highest BCUT2D eigenvalue weighted by Crippen LogP contribution is 2.29. The van der Waals surface area contributed by atoms with Crippen LogP contribution in [0.4, 0.5) is 13.2 Å². The van der Waals surface area contributed by atoms with Gasteiger partial charge >= 0.3 is 6.18 Å². The summed E-state index contributed by atoms with van der Waals surface area (Å²) in [6, 6.07) is 5.91. The van der Waals surface area contributed by atoms with Crippen LogP contribution in [-0.2, 0) is 0 Å². The Bertz CT molecular complexity index is 439. The Morgan fingerprint density at radius 3 is 2.65 bits per heavy atom. The van der Waals surface area contributed by atoms with Crippen molar-refractivity contribution in [3.8, 4) is 11.8 Å². The maximum atomic E-state index is 12.3. The summed E-state index contributed by atoms with van der Waals surface area (Å²) in [5.41, 5.74) is 0.810. The topological polar surface area (TPSA) is 33.0 Å². The molecule has 0 saturated heterocycles. The fourth-order valence-corrected chi connectivity index (χ4v) is 1.27. The molecule has 0 aromatic heterocycles. The van der Waals surface area contributed by atoms with Crippen LogP contribution in [0.1, 0.15) is 5.56 Å². The number of rotatable bonds is 3. The number of benzene rings is 1. The van der Waals surface area contributed by atoms with E-state index < -0.39 is 18.7 Å². The first kappa shape index (κ1) is 13.7. The molecule has 0 radical (unpaired) electrons. The van der Waals surface area contributed by atoms with Crippen LogP contribution in [0.2, 0.25) is 5.02 Å². The zero-order chi connectivity index (χ0) is 13.1. The van der Waals surface area contributed by atoms with Crippen LogP contribution >= 0.6 is 11.6 Å². The van der Waals surface area contributed by atoms with Crippen LogP contribution in [-0.4, -0.2) is 12.8 Å². The van der Waals surface area contributed by atoms with Gasteiger partial charge in [-0.05, 0) is 24.6 Å². The first-order chi connectivity index (χ1) is 7.84. The third-order valence-electron chi connectivity index (χ3n) is 2.04. The van der Waals surface area contributed by atoms with Gasteiger partial charge in [-0.1, -0.05) is 17.7 Å². The molecule has 0 amide bonds. The molecule has 0 fully saturated rings. The summed E-state index contributed by atoms with van der Waals surface area (Å²) in [5, 5.41) is 8.60. The average Bonchev–Trinajstić information content (AvgIpc) is 2.22. The number of nitriles is 1. The third-order valence-corrected chi connectivity index (χ3v) is 2.36. The van der Waals surface area contributed by atoms with E-state index in [1.54, 1.807) is 13.0 Å². The lowest BCUT2D eigenvalue weighted by molar-refractivity contribution is -0.165. The van der Waals surface area contributed by atoms with E-state index in [1.165, 1.54) is 12.1 Å². The largest absolute Gasteiger partial charge is 0.490 e. The van der Waals surface area contributed by atoms with Gasteiger partial charge in [0.05, 0.1) is 11.1 Å². The second-order valence-corrected chi connectivity index (χ2v) is 3.88. The lowest BCUT2D eigenvalue weighted by atomic mass is 10.2. The number of hydrogen-bond acceptors (Lipinski definition) is 2. The first-order valence-electron chi connectivity index (χ1n) is 4.70. The molecule has 17 heavy (non-hydrogen) atoms. The monoisotopic (exact) mass is 263 g/mol. The third kappa shape index (κ3) is 3.82. The molecule has 0 saturated carbocycles. The van der Waals surface area contributed by atoms with Gasteiger partial charge in [0.1, 0.15) is 12.4 Å². The summed E-state index contributed by atoms with van der Waals surface area (Å²) in [5.74, 6) is -2.00. The lowest BCUT2D eigenvalue weighted by Gasteiger charge is -2.15. The predicted octanol–water partition coefficient (Wildman–Crippen LogP) is 3.73. The Morgan fingerprint density at radius 2 is 2.12 bits per heavy atom. The van der Waals surface area contributed by atoms with Crippen molar-refractivity contribution in [2.45, 2.75) is 13.1 Å².